The number of aliphatic imine (C=N–C) groups is 1. The summed E-state index contributed by atoms with van der Waals surface area (Å²) >= 11 is 7.61. The van der Waals surface area contributed by atoms with E-state index in [-0.39, 0.29) is 12.4 Å². The van der Waals surface area contributed by atoms with Crippen LogP contribution in [-0.4, -0.2) is 30.0 Å². The normalized spacial score (nSPS) is 17.2. The van der Waals surface area contributed by atoms with Crippen molar-refractivity contribution in [3.63, 3.8) is 0 Å². The average molecular weight is 374 g/mol. The number of nitrogens with zero attached hydrogens (tertiary/aromatic N) is 2. The molecule has 25 heavy (non-hydrogen) atoms. The second-order valence-electron chi connectivity index (χ2n) is 6.01. The minimum Gasteiger partial charge on any atom is -0.328 e. The SMILES string of the molecule is CC(=N)N1C(=N)C(CN)N=C(c2ccc(Cl)cc2)c2c1sc(C)c2C. The van der Waals surface area contributed by atoms with Crippen LogP contribution in [0.5, 0.6) is 0 Å². The molecular formula is C18H20ClN5S. The fraction of sp³-hybridized carbons (Fsp3) is 0.278. The predicted octanol–water partition coefficient (Wildman–Crippen LogP) is 3.98. The summed E-state index contributed by atoms with van der Waals surface area (Å²) in [5.74, 6) is 0.528. The lowest BCUT2D eigenvalue weighted by atomic mass is 10.00. The maximum atomic E-state index is 8.55. The Kier molecular flexibility index (Phi) is 4.77. The number of hydrogen-bond acceptors (Lipinski definition) is 5. The maximum absolute atomic E-state index is 8.55. The van der Waals surface area contributed by atoms with Crippen LogP contribution in [-0.2, 0) is 0 Å². The van der Waals surface area contributed by atoms with Crippen LogP contribution in [0.1, 0.15) is 28.5 Å². The van der Waals surface area contributed by atoms with Gasteiger partial charge >= 0.3 is 0 Å². The molecule has 1 aromatic heterocycles. The Bertz CT molecular complexity index is 882. The third kappa shape index (κ3) is 3.01. The molecule has 1 aliphatic rings. The molecule has 130 valence electrons. The van der Waals surface area contributed by atoms with Crippen molar-refractivity contribution in [2.45, 2.75) is 26.8 Å². The first kappa shape index (κ1) is 17.8. The van der Waals surface area contributed by atoms with E-state index in [0.717, 1.165) is 32.3 Å². The first-order valence-electron chi connectivity index (χ1n) is 7.93. The molecule has 2 heterocycles. The number of fused-ring (bicyclic) bond motifs is 1. The Labute approximate surface area is 156 Å². The number of anilines is 1. The minimum absolute atomic E-state index is 0.215. The van der Waals surface area contributed by atoms with E-state index in [4.69, 9.17) is 33.1 Å². The van der Waals surface area contributed by atoms with E-state index in [2.05, 4.69) is 13.8 Å². The second-order valence-corrected chi connectivity index (χ2v) is 7.65. The van der Waals surface area contributed by atoms with E-state index in [0.29, 0.717) is 10.9 Å². The first-order chi connectivity index (χ1) is 11.8. The number of rotatable bonds is 2. The van der Waals surface area contributed by atoms with Crippen LogP contribution >= 0.6 is 22.9 Å². The highest BCUT2D eigenvalue weighted by molar-refractivity contribution is 7.17. The van der Waals surface area contributed by atoms with Gasteiger partial charge in [0.15, 0.2) is 0 Å². The highest BCUT2D eigenvalue weighted by Gasteiger charge is 2.33. The summed E-state index contributed by atoms with van der Waals surface area (Å²) in [6.45, 7) is 6.01. The lowest BCUT2D eigenvalue weighted by molar-refractivity contribution is 0.850. The van der Waals surface area contributed by atoms with Gasteiger partial charge in [-0.2, -0.15) is 0 Å². The highest BCUT2D eigenvalue weighted by atomic mass is 35.5. The molecule has 0 amide bonds. The number of hydrogen-bond donors (Lipinski definition) is 3. The van der Waals surface area contributed by atoms with Crippen molar-refractivity contribution in [1.82, 2.24) is 0 Å². The number of benzene rings is 1. The fourth-order valence-corrected chi connectivity index (χ4v) is 4.26. The summed E-state index contributed by atoms with van der Waals surface area (Å²) in [5.41, 5.74) is 9.72. The molecule has 7 heteroatoms. The summed E-state index contributed by atoms with van der Waals surface area (Å²) in [6.07, 6.45) is 0. The van der Waals surface area contributed by atoms with Crippen LogP contribution in [0, 0.1) is 24.7 Å². The molecule has 0 radical (unpaired) electrons. The van der Waals surface area contributed by atoms with E-state index in [1.54, 1.807) is 23.2 Å². The van der Waals surface area contributed by atoms with Gasteiger partial charge in [-0.25, -0.2) is 0 Å². The minimum atomic E-state index is -0.495. The number of amidine groups is 2. The lowest BCUT2D eigenvalue weighted by Crippen LogP contribution is -2.42. The van der Waals surface area contributed by atoms with Gasteiger partial charge in [0.2, 0.25) is 0 Å². The first-order valence-corrected chi connectivity index (χ1v) is 9.12. The van der Waals surface area contributed by atoms with E-state index < -0.39 is 6.04 Å². The number of aryl methyl sites for hydroxylation is 1. The zero-order valence-corrected chi connectivity index (χ0v) is 15.9. The van der Waals surface area contributed by atoms with Gasteiger partial charge in [0.25, 0.3) is 0 Å². The molecule has 1 atom stereocenters. The van der Waals surface area contributed by atoms with Crippen molar-refractivity contribution in [2.24, 2.45) is 10.7 Å². The molecule has 0 aliphatic carbocycles. The van der Waals surface area contributed by atoms with E-state index >= 15 is 0 Å². The summed E-state index contributed by atoms with van der Waals surface area (Å²) in [6, 6.07) is 7.04. The van der Waals surface area contributed by atoms with Crippen LogP contribution in [0.15, 0.2) is 29.3 Å². The Morgan fingerprint density at radius 2 is 1.96 bits per heavy atom. The van der Waals surface area contributed by atoms with Gasteiger partial charge in [0.1, 0.15) is 22.7 Å². The molecule has 0 spiro atoms. The summed E-state index contributed by atoms with van der Waals surface area (Å²) in [5, 5.41) is 18.2. The van der Waals surface area contributed by atoms with Gasteiger partial charge < -0.3 is 5.73 Å². The third-order valence-corrected chi connectivity index (χ3v) is 5.77. The van der Waals surface area contributed by atoms with Crippen molar-refractivity contribution in [1.29, 1.82) is 10.8 Å². The van der Waals surface area contributed by atoms with Gasteiger partial charge in [-0.3, -0.25) is 20.7 Å². The zero-order valence-electron chi connectivity index (χ0n) is 14.4. The largest absolute Gasteiger partial charge is 0.328 e. The second kappa shape index (κ2) is 6.71. The van der Waals surface area contributed by atoms with Gasteiger partial charge in [0.05, 0.1) is 5.71 Å². The maximum Gasteiger partial charge on any atom is 0.133 e. The smallest absolute Gasteiger partial charge is 0.133 e. The fourth-order valence-electron chi connectivity index (χ4n) is 2.91. The van der Waals surface area contributed by atoms with Gasteiger partial charge in [-0.15, -0.1) is 11.3 Å². The average Bonchev–Trinajstić information content (AvgIpc) is 2.77. The summed E-state index contributed by atoms with van der Waals surface area (Å²) in [7, 11) is 0. The molecule has 0 fully saturated rings. The molecule has 1 aromatic carbocycles. The van der Waals surface area contributed by atoms with Crippen LogP contribution in [0.2, 0.25) is 5.02 Å². The lowest BCUT2D eigenvalue weighted by Gasteiger charge is -2.24. The molecule has 3 rings (SSSR count). The Morgan fingerprint density at radius 1 is 1.32 bits per heavy atom. The van der Waals surface area contributed by atoms with Gasteiger partial charge in [-0.1, -0.05) is 23.7 Å². The molecule has 1 aliphatic heterocycles. The number of halogens is 1. The van der Waals surface area contributed by atoms with Gasteiger partial charge in [0, 0.05) is 27.6 Å². The quantitative estimate of drug-likeness (QED) is 0.549. The number of nitrogens with one attached hydrogen (secondary N) is 2. The molecule has 0 saturated heterocycles. The van der Waals surface area contributed by atoms with Crippen molar-refractivity contribution >= 4 is 45.3 Å². The van der Waals surface area contributed by atoms with Crippen molar-refractivity contribution in [3.05, 3.63) is 50.9 Å². The van der Waals surface area contributed by atoms with Crippen molar-refractivity contribution in [3.8, 4) is 0 Å². The number of nitrogens with two attached hydrogens (primary N) is 1. The Morgan fingerprint density at radius 3 is 2.52 bits per heavy atom. The molecule has 0 bridgehead atoms. The third-order valence-electron chi connectivity index (χ3n) is 4.32. The van der Waals surface area contributed by atoms with Crippen LogP contribution < -0.4 is 10.6 Å². The van der Waals surface area contributed by atoms with Crippen LogP contribution in [0.4, 0.5) is 5.00 Å². The molecular weight excluding hydrogens is 354 g/mol. The molecule has 2 aromatic rings. The van der Waals surface area contributed by atoms with Crippen LogP contribution in [0.25, 0.3) is 0 Å². The summed E-state index contributed by atoms with van der Waals surface area (Å²) < 4.78 is 0. The topological polar surface area (TPSA) is 89.3 Å². The molecule has 5 nitrogen and oxygen atoms in total. The monoisotopic (exact) mass is 373 g/mol. The van der Waals surface area contributed by atoms with E-state index in [1.807, 2.05) is 24.3 Å². The standard InChI is InChI=1S/C18H20ClN5S/c1-9-10(2)25-18-15(9)16(12-4-6-13(19)7-5-12)23-14(8-20)17(22)24(18)11(3)21/h4-7,14,21-22H,8,20H2,1-3H3. The predicted molar refractivity (Wildman–Crippen MR) is 107 cm³/mol. The van der Waals surface area contributed by atoms with Crippen molar-refractivity contribution in [2.75, 3.05) is 11.4 Å². The molecule has 1 unspecified atom stereocenters. The highest BCUT2D eigenvalue weighted by Crippen LogP contribution is 2.39. The molecule has 0 saturated carbocycles. The van der Waals surface area contributed by atoms with Crippen molar-refractivity contribution < 1.29 is 0 Å². The Hall–Kier alpha value is -2.02. The Balaban J connectivity index is 2.32. The van der Waals surface area contributed by atoms with Crippen LogP contribution in [0.3, 0.4) is 0 Å². The molecule has 4 N–H and O–H groups in total. The van der Waals surface area contributed by atoms with Gasteiger partial charge in [-0.05, 0) is 38.5 Å². The number of thiophene rings is 1. The van der Waals surface area contributed by atoms with E-state index in [9.17, 15) is 0 Å². The summed E-state index contributed by atoms with van der Waals surface area (Å²) in [4.78, 5) is 7.62. The zero-order chi connectivity index (χ0) is 18.3. The van der Waals surface area contributed by atoms with E-state index in [1.165, 1.54) is 0 Å².